The molecule has 1 spiro atoms. The first-order valence-corrected chi connectivity index (χ1v) is 13.9. The molecule has 1 aromatic carbocycles. The molecule has 0 bridgehead atoms. The summed E-state index contributed by atoms with van der Waals surface area (Å²) in [5.74, 6) is -0.958. The predicted octanol–water partition coefficient (Wildman–Crippen LogP) is 3.94. The van der Waals surface area contributed by atoms with Crippen LogP contribution in [-0.4, -0.2) is 66.3 Å². The lowest BCUT2D eigenvalue weighted by molar-refractivity contribution is -0.141. The molecule has 1 saturated heterocycles. The Kier molecular flexibility index (Phi) is 9.15. The summed E-state index contributed by atoms with van der Waals surface area (Å²) in [5, 5.41) is 9.72. The number of anilines is 1. The minimum atomic E-state index is -0.491. The number of hydrazone groups is 1. The third-order valence-electron chi connectivity index (χ3n) is 7.18. The van der Waals surface area contributed by atoms with Crippen LogP contribution in [0.4, 0.5) is 5.69 Å². The van der Waals surface area contributed by atoms with Crippen molar-refractivity contribution in [3.8, 4) is 0 Å². The quantitative estimate of drug-likeness (QED) is 0.0611. The zero-order chi connectivity index (χ0) is 28.7. The molecule has 40 heavy (non-hydrogen) atoms. The molecule has 0 radical (unpaired) electrons. The maximum absolute atomic E-state index is 13.3. The minimum absolute atomic E-state index is 0.0404. The number of rotatable bonds is 12. The average molecular weight is 562 g/mol. The second kappa shape index (κ2) is 12.7. The molecule has 1 aromatic heterocycles. The number of likely N-dealkylation sites (tertiary alicyclic amines) is 1. The summed E-state index contributed by atoms with van der Waals surface area (Å²) in [7, 11) is 1.53. The second-order valence-electron chi connectivity index (χ2n) is 9.83. The van der Waals surface area contributed by atoms with Gasteiger partial charge in [-0.3, -0.25) is 29.1 Å². The number of thiophene rings is 1. The summed E-state index contributed by atoms with van der Waals surface area (Å²) in [6.45, 7) is 3.84. The van der Waals surface area contributed by atoms with E-state index >= 15 is 0 Å². The first kappa shape index (κ1) is 28.8. The van der Waals surface area contributed by atoms with E-state index in [4.69, 9.17) is 0 Å². The SMILES string of the molecule is C=NN(/C=N\C)/C(=C\c1cccc(C(=O)CC=O)c1)C(=O)Nc1csc(CCN2C(=O)CC3(CCCC3)C2=O)c1. The highest BCUT2D eigenvalue weighted by molar-refractivity contribution is 7.10. The van der Waals surface area contributed by atoms with Crippen LogP contribution < -0.4 is 5.32 Å². The number of Topliss-reactive ketones (excluding diaryl/α,β-unsaturated/α-hetero) is 1. The summed E-state index contributed by atoms with van der Waals surface area (Å²) in [4.78, 5) is 68.0. The van der Waals surface area contributed by atoms with Crippen molar-refractivity contribution in [2.24, 2.45) is 15.5 Å². The lowest BCUT2D eigenvalue weighted by Crippen LogP contribution is -2.35. The van der Waals surface area contributed by atoms with Gasteiger partial charge in [-0.2, -0.15) is 5.10 Å². The van der Waals surface area contributed by atoms with Crippen LogP contribution in [0.15, 0.2) is 51.5 Å². The lowest BCUT2D eigenvalue weighted by atomic mass is 9.84. The number of amides is 3. The number of aliphatic imine (C=N–C) groups is 1. The normalized spacial score (nSPS) is 16.6. The van der Waals surface area contributed by atoms with Crippen LogP contribution in [0, 0.1) is 5.41 Å². The molecular weight excluding hydrogens is 530 g/mol. The van der Waals surface area contributed by atoms with Gasteiger partial charge < -0.3 is 10.1 Å². The van der Waals surface area contributed by atoms with Crippen LogP contribution in [0.5, 0.6) is 0 Å². The topological polar surface area (TPSA) is 129 Å². The van der Waals surface area contributed by atoms with Crippen LogP contribution in [0.1, 0.15) is 59.3 Å². The van der Waals surface area contributed by atoms with E-state index in [9.17, 15) is 24.0 Å². The Morgan fingerprint density at radius 3 is 2.70 bits per heavy atom. The number of carbonyl (C=O) groups excluding carboxylic acids is 5. The van der Waals surface area contributed by atoms with Crippen molar-refractivity contribution < 1.29 is 24.0 Å². The van der Waals surface area contributed by atoms with E-state index in [0.29, 0.717) is 42.5 Å². The largest absolute Gasteiger partial charge is 0.320 e. The van der Waals surface area contributed by atoms with Crippen molar-refractivity contribution in [3.05, 3.63) is 57.4 Å². The Bertz CT molecular complexity index is 1390. The standard InChI is InChI=1S/C29H31N5O5S/c1-30-19-34(31-2)24(15-20-6-5-7-21(14-20)25(36)9-13-35)27(38)32-22-16-23(40-18-22)8-12-33-26(37)17-29(28(33)39)10-3-4-11-29/h5-7,13-16,18-19H,2-4,8-12,17H2,1H3,(H,32,38)/b24-15-,30-19-. The molecule has 11 heteroatoms. The molecule has 1 saturated carbocycles. The van der Waals surface area contributed by atoms with Gasteiger partial charge in [-0.15, -0.1) is 11.3 Å². The maximum atomic E-state index is 13.3. The first-order valence-electron chi connectivity index (χ1n) is 13.0. The predicted molar refractivity (Wildman–Crippen MR) is 154 cm³/mol. The zero-order valence-electron chi connectivity index (χ0n) is 22.3. The van der Waals surface area contributed by atoms with Crippen LogP contribution >= 0.6 is 11.3 Å². The van der Waals surface area contributed by atoms with Crippen molar-refractivity contribution in [1.29, 1.82) is 0 Å². The van der Waals surface area contributed by atoms with Crippen LogP contribution in [-0.2, 0) is 25.6 Å². The fourth-order valence-corrected chi connectivity index (χ4v) is 6.01. The summed E-state index contributed by atoms with van der Waals surface area (Å²) in [6, 6.07) is 8.38. The third-order valence-corrected chi connectivity index (χ3v) is 8.18. The molecule has 208 valence electrons. The molecule has 2 aliphatic rings. The van der Waals surface area contributed by atoms with Gasteiger partial charge in [0.05, 0.1) is 17.5 Å². The van der Waals surface area contributed by atoms with Crippen molar-refractivity contribution >= 4 is 65.9 Å². The van der Waals surface area contributed by atoms with Crippen molar-refractivity contribution in [2.75, 3.05) is 18.9 Å². The van der Waals surface area contributed by atoms with E-state index < -0.39 is 11.3 Å². The molecule has 1 N–H and O–H groups in total. The number of ketones is 1. The molecule has 2 fully saturated rings. The Labute approximate surface area is 236 Å². The van der Waals surface area contributed by atoms with E-state index in [0.717, 1.165) is 30.6 Å². The third kappa shape index (κ3) is 6.31. The Hall–Kier alpha value is -4.25. The van der Waals surface area contributed by atoms with E-state index in [1.54, 1.807) is 35.7 Å². The molecule has 10 nitrogen and oxygen atoms in total. The minimum Gasteiger partial charge on any atom is -0.320 e. The Balaban J connectivity index is 1.47. The highest BCUT2D eigenvalue weighted by Gasteiger charge is 2.52. The summed E-state index contributed by atoms with van der Waals surface area (Å²) in [6.07, 6.45) is 7.57. The number of carbonyl (C=O) groups is 5. The van der Waals surface area contributed by atoms with Gasteiger partial charge in [-0.1, -0.05) is 31.0 Å². The number of nitrogens with zero attached hydrogens (tertiary/aromatic N) is 4. The molecule has 1 aliphatic carbocycles. The molecule has 2 aromatic rings. The van der Waals surface area contributed by atoms with Crippen molar-refractivity contribution in [3.63, 3.8) is 0 Å². The molecule has 0 unspecified atom stereocenters. The van der Waals surface area contributed by atoms with E-state index in [-0.39, 0.29) is 29.7 Å². The van der Waals surface area contributed by atoms with E-state index in [2.05, 4.69) is 22.1 Å². The van der Waals surface area contributed by atoms with Gasteiger partial charge >= 0.3 is 0 Å². The first-order chi connectivity index (χ1) is 19.3. The highest BCUT2D eigenvalue weighted by Crippen LogP contribution is 2.46. The lowest BCUT2D eigenvalue weighted by Gasteiger charge is -2.20. The maximum Gasteiger partial charge on any atom is 0.274 e. The monoisotopic (exact) mass is 561 g/mol. The smallest absolute Gasteiger partial charge is 0.274 e. The fraction of sp³-hybridized carbons (Fsp3) is 0.345. The van der Waals surface area contributed by atoms with Crippen LogP contribution in [0.3, 0.4) is 0 Å². The molecule has 1 aliphatic heterocycles. The molecule has 2 heterocycles. The number of hydrogen-bond acceptors (Lipinski definition) is 8. The average Bonchev–Trinajstić information content (AvgIpc) is 3.66. The van der Waals surface area contributed by atoms with Gasteiger partial charge in [0.15, 0.2) is 5.78 Å². The van der Waals surface area contributed by atoms with Crippen LogP contribution in [0.25, 0.3) is 6.08 Å². The molecule has 4 rings (SSSR count). The Morgan fingerprint density at radius 2 is 2.00 bits per heavy atom. The molecule has 3 amide bonds. The number of benzene rings is 1. The van der Waals surface area contributed by atoms with Gasteiger partial charge in [-0.25, -0.2) is 5.01 Å². The summed E-state index contributed by atoms with van der Waals surface area (Å²) in [5.41, 5.74) is 1.06. The molecule has 0 atom stereocenters. The van der Waals surface area contributed by atoms with Gasteiger partial charge in [0.2, 0.25) is 11.8 Å². The van der Waals surface area contributed by atoms with Gasteiger partial charge in [0.25, 0.3) is 5.91 Å². The number of imide groups is 1. The van der Waals surface area contributed by atoms with E-state index in [1.165, 1.54) is 34.6 Å². The number of aldehydes is 1. The number of hydrogen-bond donors (Lipinski definition) is 1. The number of nitrogens with one attached hydrogen (secondary N) is 1. The van der Waals surface area contributed by atoms with Crippen molar-refractivity contribution in [2.45, 2.75) is 44.9 Å². The Morgan fingerprint density at radius 1 is 1.23 bits per heavy atom. The van der Waals surface area contributed by atoms with E-state index in [1.807, 2.05) is 6.07 Å². The van der Waals surface area contributed by atoms with Gasteiger partial charge in [0.1, 0.15) is 18.3 Å². The summed E-state index contributed by atoms with van der Waals surface area (Å²) < 4.78 is 0. The highest BCUT2D eigenvalue weighted by atomic mass is 32.1. The zero-order valence-corrected chi connectivity index (χ0v) is 23.1. The molecular formula is C29H31N5O5S. The second-order valence-corrected chi connectivity index (χ2v) is 10.8. The van der Waals surface area contributed by atoms with Crippen LogP contribution in [0.2, 0.25) is 0 Å². The van der Waals surface area contributed by atoms with Gasteiger partial charge in [-0.05, 0) is 43.0 Å². The van der Waals surface area contributed by atoms with Crippen molar-refractivity contribution in [1.82, 2.24) is 9.91 Å². The summed E-state index contributed by atoms with van der Waals surface area (Å²) >= 11 is 1.43. The van der Waals surface area contributed by atoms with Gasteiger partial charge in [0, 0.05) is 42.6 Å². The fourth-order valence-electron chi connectivity index (χ4n) is 5.20.